The van der Waals surface area contributed by atoms with Crippen LogP contribution in [0.4, 0.5) is 17.1 Å². The highest BCUT2D eigenvalue weighted by Crippen LogP contribution is 2.40. The van der Waals surface area contributed by atoms with Crippen LogP contribution in [0.1, 0.15) is 22.5 Å². The molecule has 5 nitrogen and oxygen atoms in total. The molecular formula is C16H16BrN3O2. The highest BCUT2D eigenvalue weighted by molar-refractivity contribution is 9.09. The Balaban J connectivity index is 2.29. The molecule has 22 heavy (non-hydrogen) atoms. The molecule has 6 heteroatoms. The van der Waals surface area contributed by atoms with Gasteiger partial charge in [-0.25, -0.2) is 0 Å². The van der Waals surface area contributed by atoms with Gasteiger partial charge in [0, 0.05) is 25.0 Å². The molecule has 1 aliphatic heterocycles. The third-order valence-electron chi connectivity index (χ3n) is 3.73. The monoisotopic (exact) mass is 361 g/mol. The average Bonchev–Trinajstić information content (AvgIpc) is 2.68. The third kappa shape index (κ3) is 2.23. The summed E-state index contributed by atoms with van der Waals surface area (Å²) in [6.45, 7) is 1.91. The summed E-state index contributed by atoms with van der Waals surface area (Å²) < 4.78 is 1.76. The smallest absolute Gasteiger partial charge is 0.274 e. The lowest BCUT2D eigenvalue weighted by Crippen LogP contribution is -2.27. The molecule has 1 aliphatic rings. The first-order valence-electron chi connectivity index (χ1n) is 6.99. The SMILES string of the molecule is Cc1cn(C)c2c1N(C(=O)CCBr)c1ccccc1NC2=O. The van der Waals surface area contributed by atoms with Crippen molar-refractivity contribution in [3.8, 4) is 0 Å². The number of alkyl halides is 1. The lowest BCUT2D eigenvalue weighted by Gasteiger charge is -2.23. The Morgan fingerprint density at radius 2 is 2.05 bits per heavy atom. The van der Waals surface area contributed by atoms with Crippen LogP contribution < -0.4 is 10.2 Å². The molecule has 0 atom stereocenters. The van der Waals surface area contributed by atoms with E-state index in [4.69, 9.17) is 0 Å². The van der Waals surface area contributed by atoms with Gasteiger partial charge in [0.25, 0.3) is 5.91 Å². The van der Waals surface area contributed by atoms with Gasteiger partial charge in [-0.15, -0.1) is 0 Å². The maximum atomic E-state index is 12.7. The van der Waals surface area contributed by atoms with Crippen LogP contribution in [0.2, 0.25) is 0 Å². The van der Waals surface area contributed by atoms with Crippen LogP contribution in [-0.4, -0.2) is 21.7 Å². The van der Waals surface area contributed by atoms with Crippen LogP contribution in [0.25, 0.3) is 0 Å². The second-order valence-electron chi connectivity index (χ2n) is 5.26. The number of carbonyl (C=O) groups is 2. The molecule has 1 aromatic carbocycles. The Bertz CT molecular complexity index is 767. The molecular weight excluding hydrogens is 346 g/mol. The van der Waals surface area contributed by atoms with E-state index in [1.165, 1.54) is 0 Å². The number of aromatic nitrogens is 1. The van der Waals surface area contributed by atoms with Gasteiger partial charge in [0.2, 0.25) is 5.91 Å². The number of para-hydroxylation sites is 2. The summed E-state index contributed by atoms with van der Waals surface area (Å²) in [5.41, 5.74) is 3.40. The van der Waals surface area contributed by atoms with E-state index in [0.29, 0.717) is 34.5 Å². The number of hydrogen-bond acceptors (Lipinski definition) is 2. The summed E-state index contributed by atoms with van der Waals surface area (Å²) in [7, 11) is 1.81. The molecule has 1 N–H and O–H groups in total. The van der Waals surface area contributed by atoms with Crippen molar-refractivity contribution in [3.05, 3.63) is 41.7 Å². The molecule has 114 valence electrons. The number of nitrogens with one attached hydrogen (secondary N) is 1. The molecule has 0 saturated heterocycles. The summed E-state index contributed by atoms with van der Waals surface area (Å²) >= 11 is 3.32. The predicted octanol–water partition coefficient (Wildman–Crippen LogP) is 3.35. The summed E-state index contributed by atoms with van der Waals surface area (Å²) in [6.07, 6.45) is 2.23. The molecule has 0 radical (unpaired) electrons. The van der Waals surface area contributed by atoms with E-state index in [9.17, 15) is 9.59 Å². The molecule has 3 rings (SSSR count). The molecule has 1 aromatic heterocycles. The molecule has 2 aromatic rings. The van der Waals surface area contributed by atoms with Gasteiger partial charge in [-0.05, 0) is 24.6 Å². The van der Waals surface area contributed by atoms with E-state index in [1.807, 2.05) is 44.4 Å². The first-order chi connectivity index (χ1) is 10.5. The first-order valence-corrected chi connectivity index (χ1v) is 8.12. The molecule has 0 fully saturated rings. The fourth-order valence-corrected chi connectivity index (χ4v) is 3.19. The van der Waals surface area contributed by atoms with Gasteiger partial charge in [0.05, 0.1) is 17.1 Å². The Labute approximate surface area is 137 Å². The van der Waals surface area contributed by atoms with Crippen molar-refractivity contribution in [2.75, 3.05) is 15.5 Å². The number of amides is 2. The number of nitrogens with zero attached hydrogens (tertiary/aromatic N) is 2. The van der Waals surface area contributed by atoms with E-state index in [-0.39, 0.29) is 11.8 Å². The molecule has 2 amide bonds. The molecule has 2 heterocycles. The zero-order chi connectivity index (χ0) is 15.9. The van der Waals surface area contributed by atoms with Crippen LogP contribution in [0, 0.1) is 6.92 Å². The van der Waals surface area contributed by atoms with Gasteiger partial charge >= 0.3 is 0 Å². The molecule has 0 spiro atoms. The number of benzene rings is 1. The predicted molar refractivity (Wildman–Crippen MR) is 90.1 cm³/mol. The van der Waals surface area contributed by atoms with Crippen LogP contribution in [-0.2, 0) is 11.8 Å². The summed E-state index contributed by atoms with van der Waals surface area (Å²) in [4.78, 5) is 26.9. The fourth-order valence-electron chi connectivity index (χ4n) is 2.85. The summed E-state index contributed by atoms with van der Waals surface area (Å²) in [5.74, 6) is -0.247. The van der Waals surface area contributed by atoms with Gasteiger partial charge in [-0.3, -0.25) is 14.5 Å². The van der Waals surface area contributed by atoms with Crippen molar-refractivity contribution < 1.29 is 9.59 Å². The summed E-state index contributed by atoms with van der Waals surface area (Å²) in [5, 5.41) is 3.47. The highest BCUT2D eigenvalue weighted by Gasteiger charge is 2.32. The fraction of sp³-hybridized carbons (Fsp3) is 0.250. The second kappa shape index (κ2) is 5.61. The van der Waals surface area contributed by atoms with Gasteiger partial charge in [-0.2, -0.15) is 0 Å². The van der Waals surface area contributed by atoms with Crippen molar-refractivity contribution >= 4 is 44.8 Å². The molecule has 0 unspecified atom stereocenters. The summed E-state index contributed by atoms with van der Waals surface area (Å²) in [6, 6.07) is 7.36. The maximum absolute atomic E-state index is 12.7. The van der Waals surface area contributed by atoms with Crippen molar-refractivity contribution in [3.63, 3.8) is 0 Å². The number of carbonyl (C=O) groups excluding carboxylic acids is 2. The van der Waals surface area contributed by atoms with Crippen molar-refractivity contribution in [2.24, 2.45) is 7.05 Å². The quantitative estimate of drug-likeness (QED) is 0.833. The Morgan fingerprint density at radius 3 is 2.77 bits per heavy atom. The van der Waals surface area contributed by atoms with Gasteiger partial charge in [0.1, 0.15) is 5.69 Å². The van der Waals surface area contributed by atoms with Gasteiger partial charge in [0.15, 0.2) is 0 Å². The zero-order valence-corrected chi connectivity index (χ0v) is 14.0. The Kier molecular flexibility index (Phi) is 3.78. The van der Waals surface area contributed by atoms with Crippen LogP contribution in [0.3, 0.4) is 0 Å². The lowest BCUT2D eigenvalue weighted by atomic mass is 10.2. The largest absolute Gasteiger partial charge is 0.345 e. The minimum absolute atomic E-state index is 0.0450. The van der Waals surface area contributed by atoms with E-state index in [1.54, 1.807) is 9.47 Å². The standard InChI is InChI=1S/C16H16BrN3O2/c1-10-9-19(2)15-14(10)20(13(21)7-8-17)12-6-4-3-5-11(12)18-16(15)22/h3-6,9H,7-8H2,1-2H3,(H,18,22). The second-order valence-corrected chi connectivity index (χ2v) is 6.05. The maximum Gasteiger partial charge on any atom is 0.274 e. The molecule has 0 saturated carbocycles. The number of halogens is 1. The van der Waals surface area contributed by atoms with E-state index < -0.39 is 0 Å². The Hall–Kier alpha value is -2.08. The molecule has 0 bridgehead atoms. The minimum Gasteiger partial charge on any atom is -0.345 e. The van der Waals surface area contributed by atoms with E-state index in [0.717, 1.165) is 5.56 Å². The number of anilines is 3. The average molecular weight is 362 g/mol. The van der Waals surface area contributed by atoms with Crippen LogP contribution >= 0.6 is 15.9 Å². The van der Waals surface area contributed by atoms with Crippen LogP contribution in [0.5, 0.6) is 0 Å². The van der Waals surface area contributed by atoms with E-state index in [2.05, 4.69) is 21.2 Å². The normalized spacial score (nSPS) is 13.2. The van der Waals surface area contributed by atoms with Crippen molar-refractivity contribution in [1.29, 1.82) is 0 Å². The van der Waals surface area contributed by atoms with Crippen molar-refractivity contribution in [2.45, 2.75) is 13.3 Å². The number of rotatable bonds is 2. The number of aryl methyl sites for hydroxylation is 2. The highest BCUT2D eigenvalue weighted by atomic mass is 79.9. The van der Waals surface area contributed by atoms with Crippen molar-refractivity contribution in [1.82, 2.24) is 4.57 Å². The number of hydrogen-bond donors (Lipinski definition) is 1. The van der Waals surface area contributed by atoms with Gasteiger partial charge in [-0.1, -0.05) is 28.1 Å². The first kappa shape index (κ1) is 14.8. The van der Waals surface area contributed by atoms with Gasteiger partial charge < -0.3 is 9.88 Å². The third-order valence-corrected chi connectivity index (χ3v) is 4.12. The lowest BCUT2D eigenvalue weighted by molar-refractivity contribution is -0.117. The van der Waals surface area contributed by atoms with E-state index >= 15 is 0 Å². The topological polar surface area (TPSA) is 54.3 Å². The zero-order valence-electron chi connectivity index (χ0n) is 12.4. The minimum atomic E-state index is -0.202. The number of fused-ring (bicyclic) bond motifs is 2. The molecule has 0 aliphatic carbocycles. The Morgan fingerprint density at radius 1 is 1.32 bits per heavy atom. The van der Waals surface area contributed by atoms with Crippen LogP contribution in [0.15, 0.2) is 30.5 Å².